The van der Waals surface area contributed by atoms with Gasteiger partial charge < -0.3 is 9.32 Å². The summed E-state index contributed by atoms with van der Waals surface area (Å²) < 4.78 is 7.78. The molecular weight excluding hydrogens is 615 g/mol. The highest BCUT2D eigenvalue weighted by atomic mass is 32.1. The zero-order valence-corrected chi connectivity index (χ0v) is 27.8. The third kappa shape index (κ3) is 4.61. The van der Waals surface area contributed by atoms with E-state index in [4.69, 9.17) is 4.42 Å². The highest BCUT2D eigenvalue weighted by molar-refractivity contribution is 7.20. The smallest absolute Gasteiger partial charge is 0.137 e. The van der Waals surface area contributed by atoms with Crippen molar-refractivity contribution in [3.8, 4) is 11.1 Å². The molecule has 8 aromatic rings. The average Bonchev–Trinajstić information content (AvgIpc) is 3.74. The van der Waals surface area contributed by atoms with E-state index in [9.17, 15) is 0 Å². The predicted molar refractivity (Wildman–Crippen MR) is 209 cm³/mol. The maximum absolute atomic E-state index is 6.43. The number of fused-ring (bicyclic) bond motifs is 7. The second kappa shape index (κ2) is 11.5. The molecule has 2 heterocycles. The first-order valence-corrected chi connectivity index (χ1v) is 18.0. The first-order valence-electron chi connectivity index (χ1n) is 17.2. The SMILES string of the molecule is C1=Cc2sc3cccc(-c4ccccc4N(c4ccc(C5CC=Cc6ccccc65)cc4)c4cccc5oc6ccccc6c45)c3c2CC1. The van der Waals surface area contributed by atoms with Gasteiger partial charge in [0.25, 0.3) is 0 Å². The molecule has 2 nitrogen and oxygen atoms in total. The van der Waals surface area contributed by atoms with Crippen molar-refractivity contribution < 1.29 is 4.42 Å². The average molecular weight is 648 g/mol. The van der Waals surface area contributed by atoms with E-state index in [-0.39, 0.29) is 0 Å². The highest BCUT2D eigenvalue weighted by Crippen LogP contribution is 2.49. The summed E-state index contributed by atoms with van der Waals surface area (Å²) in [5, 5.41) is 3.64. The van der Waals surface area contributed by atoms with Gasteiger partial charge in [-0.3, -0.25) is 0 Å². The molecule has 234 valence electrons. The number of thiophene rings is 1. The maximum Gasteiger partial charge on any atom is 0.137 e. The van der Waals surface area contributed by atoms with Crippen molar-refractivity contribution in [3.05, 3.63) is 173 Å². The number of para-hydroxylation sites is 2. The van der Waals surface area contributed by atoms with Crippen LogP contribution in [0.3, 0.4) is 0 Å². The van der Waals surface area contributed by atoms with Crippen molar-refractivity contribution in [1.82, 2.24) is 0 Å². The maximum atomic E-state index is 6.43. The van der Waals surface area contributed by atoms with Gasteiger partial charge in [0, 0.05) is 37.5 Å². The van der Waals surface area contributed by atoms with E-state index < -0.39 is 0 Å². The number of benzene rings is 6. The molecule has 6 aromatic carbocycles. The molecule has 2 aliphatic carbocycles. The molecule has 3 heteroatoms. The van der Waals surface area contributed by atoms with Gasteiger partial charge in [0.15, 0.2) is 0 Å². The lowest BCUT2D eigenvalue weighted by Crippen LogP contribution is -2.12. The van der Waals surface area contributed by atoms with Crippen LogP contribution in [0, 0.1) is 0 Å². The van der Waals surface area contributed by atoms with Crippen LogP contribution in [-0.4, -0.2) is 0 Å². The van der Waals surface area contributed by atoms with Gasteiger partial charge in [-0.25, -0.2) is 0 Å². The second-order valence-electron chi connectivity index (χ2n) is 13.1. The third-order valence-corrected chi connectivity index (χ3v) is 11.5. The van der Waals surface area contributed by atoms with Crippen molar-refractivity contribution in [3.63, 3.8) is 0 Å². The van der Waals surface area contributed by atoms with Crippen LogP contribution < -0.4 is 4.90 Å². The molecule has 0 radical (unpaired) electrons. The summed E-state index contributed by atoms with van der Waals surface area (Å²) >= 11 is 1.91. The zero-order valence-electron chi connectivity index (χ0n) is 27.0. The third-order valence-electron chi connectivity index (χ3n) is 10.3. The van der Waals surface area contributed by atoms with Crippen molar-refractivity contribution in [2.75, 3.05) is 4.90 Å². The van der Waals surface area contributed by atoms with Gasteiger partial charge in [-0.1, -0.05) is 109 Å². The molecule has 0 amide bonds. The molecule has 0 spiro atoms. The fourth-order valence-corrected chi connectivity index (χ4v) is 9.32. The minimum atomic E-state index is 0.341. The van der Waals surface area contributed by atoms with Crippen LogP contribution in [0.4, 0.5) is 17.1 Å². The molecular formula is C46H33NOS. The zero-order chi connectivity index (χ0) is 32.3. The Morgan fingerprint density at radius 3 is 2.35 bits per heavy atom. The summed E-state index contributed by atoms with van der Waals surface area (Å²) in [6.45, 7) is 0. The Bertz CT molecular complexity index is 2600. The van der Waals surface area contributed by atoms with Gasteiger partial charge in [-0.05, 0) is 95.6 Å². The van der Waals surface area contributed by atoms with Gasteiger partial charge >= 0.3 is 0 Å². The van der Waals surface area contributed by atoms with E-state index >= 15 is 0 Å². The number of hydrogen-bond acceptors (Lipinski definition) is 3. The number of rotatable bonds is 5. The second-order valence-corrected chi connectivity index (χ2v) is 14.2. The van der Waals surface area contributed by atoms with Crippen molar-refractivity contribution in [2.24, 2.45) is 0 Å². The van der Waals surface area contributed by atoms with E-state index in [1.165, 1.54) is 48.3 Å². The van der Waals surface area contributed by atoms with Gasteiger partial charge in [0.2, 0.25) is 0 Å². The number of allylic oxidation sites excluding steroid dienone is 2. The topological polar surface area (TPSA) is 16.4 Å². The molecule has 0 saturated carbocycles. The van der Waals surface area contributed by atoms with Crippen LogP contribution in [0.15, 0.2) is 150 Å². The van der Waals surface area contributed by atoms with Crippen LogP contribution in [0.1, 0.15) is 45.9 Å². The first kappa shape index (κ1) is 28.4. The molecule has 2 aliphatic rings. The van der Waals surface area contributed by atoms with E-state index in [1.807, 2.05) is 17.4 Å². The summed E-state index contributed by atoms with van der Waals surface area (Å²) in [7, 11) is 0. The van der Waals surface area contributed by atoms with E-state index in [2.05, 4.69) is 157 Å². The van der Waals surface area contributed by atoms with E-state index in [0.717, 1.165) is 58.3 Å². The Morgan fingerprint density at radius 2 is 1.39 bits per heavy atom. The lowest BCUT2D eigenvalue weighted by atomic mass is 9.82. The molecule has 0 fully saturated rings. The number of furan rings is 1. The lowest BCUT2D eigenvalue weighted by molar-refractivity contribution is 0.669. The van der Waals surface area contributed by atoms with Crippen molar-refractivity contribution >= 4 is 72.6 Å². The number of aryl methyl sites for hydroxylation is 1. The van der Waals surface area contributed by atoms with Crippen LogP contribution in [-0.2, 0) is 6.42 Å². The standard InChI is InChI=1S/C46H33NOS/c1-2-14-33-30(12-1)13-9-18-34(33)31-26-28-32(29-27-31)47(40-21-11-23-42-46(40)37-16-4-7-22-41(37)48-42)39-20-6-3-15-35(39)36-19-10-25-44-45(36)38-17-5-8-24-43(38)49-44/h1-4,6-16,19-29,34H,5,17-18H2. The first-order chi connectivity index (χ1) is 24.3. The molecule has 1 unspecified atom stereocenters. The molecule has 10 rings (SSSR count). The minimum absolute atomic E-state index is 0.341. The summed E-state index contributed by atoms with van der Waals surface area (Å²) in [5.74, 6) is 0.341. The molecule has 1 atom stereocenters. The quantitative estimate of drug-likeness (QED) is 0.185. The predicted octanol–water partition coefficient (Wildman–Crippen LogP) is 13.4. The van der Waals surface area contributed by atoms with Crippen molar-refractivity contribution in [2.45, 2.75) is 25.2 Å². The van der Waals surface area contributed by atoms with Gasteiger partial charge in [0.05, 0.1) is 16.8 Å². The van der Waals surface area contributed by atoms with Crippen LogP contribution in [0.25, 0.3) is 55.3 Å². The summed E-state index contributed by atoms with van der Waals surface area (Å²) in [6.07, 6.45) is 12.4. The highest BCUT2D eigenvalue weighted by Gasteiger charge is 2.25. The number of nitrogens with zero attached hydrogens (tertiary/aromatic N) is 1. The Kier molecular flexibility index (Phi) is 6.66. The van der Waals surface area contributed by atoms with Gasteiger partial charge in [0.1, 0.15) is 11.2 Å². The Morgan fingerprint density at radius 1 is 0.612 bits per heavy atom. The molecule has 0 saturated heterocycles. The van der Waals surface area contributed by atoms with Crippen LogP contribution >= 0.6 is 11.3 Å². The van der Waals surface area contributed by atoms with Crippen LogP contribution in [0.5, 0.6) is 0 Å². The van der Waals surface area contributed by atoms with Gasteiger partial charge in [-0.15, -0.1) is 11.3 Å². The summed E-state index contributed by atoms with van der Waals surface area (Å²) in [4.78, 5) is 3.85. The minimum Gasteiger partial charge on any atom is -0.456 e. The molecule has 0 bridgehead atoms. The largest absolute Gasteiger partial charge is 0.456 e. The lowest BCUT2D eigenvalue weighted by Gasteiger charge is -2.29. The summed E-state index contributed by atoms with van der Waals surface area (Å²) in [6, 6.07) is 48.7. The fraction of sp³-hybridized carbons (Fsp3) is 0.0870. The molecule has 2 aromatic heterocycles. The molecule has 49 heavy (non-hydrogen) atoms. The van der Waals surface area contributed by atoms with E-state index in [1.54, 1.807) is 0 Å². The normalized spacial score (nSPS) is 15.1. The van der Waals surface area contributed by atoms with Crippen LogP contribution in [0.2, 0.25) is 0 Å². The molecule has 0 N–H and O–H groups in total. The van der Waals surface area contributed by atoms with Gasteiger partial charge in [-0.2, -0.15) is 0 Å². The van der Waals surface area contributed by atoms with E-state index in [0.29, 0.717) is 5.92 Å². The number of hydrogen-bond donors (Lipinski definition) is 0. The summed E-state index contributed by atoms with van der Waals surface area (Å²) in [5.41, 5.74) is 13.2. The van der Waals surface area contributed by atoms with Crippen molar-refractivity contribution in [1.29, 1.82) is 0 Å². The Hall–Kier alpha value is -5.64. The fourth-order valence-electron chi connectivity index (χ4n) is 8.11. The Labute approximate surface area is 289 Å². The molecule has 0 aliphatic heterocycles. The number of anilines is 3. The monoisotopic (exact) mass is 647 g/mol. The Balaban J connectivity index is 1.20.